The van der Waals surface area contributed by atoms with Gasteiger partial charge in [-0.05, 0) is 29.3 Å². The molecule has 4 rings (SSSR count). The fraction of sp³-hybridized carbons (Fsp3) is 0.318. The van der Waals surface area contributed by atoms with Crippen LogP contribution in [0.1, 0.15) is 46.6 Å². The van der Waals surface area contributed by atoms with E-state index in [1.54, 1.807) is 13.2 Å². The zero-order chi connectivity index (χ0) is 23.6. The second-order valence-corrected chi connectivity index (χ2v) is 9.65. The maximum atomic E-state index is 12.6. The average Bonchev–Trinajstić information content (AvgIpc) is 3.42. The minimum Gasteiger partial charge on any atom is -0.347 e. The van der Waals surface area contributed by atoms with Crippen LogP contribution in [-0.4, -0.2) is 41.1 Å². The van der Waals surface area contributed by atoms with E-state index in [9.17, 15) is 4.79 Å². The van der Waals surface area contributed by atoms with Crippen LogP contribution < -0.4 is 10.6 Å². The molecule has 0 saturated heterocycles. The van der Waals surface area contributed by atoms with Crippen LogP contribution in [0.4, 0.5) is 11.8 Å². The number of tetrazole rings is 1. The molecule has 4 aromatic rings. The molecular formula is C22H25N9OS. The molecule has 0 atom stereocenters. The highest BCUT2D eigenvalue weighted by Gasteiger charge is 2.20. The van der Waals surface area contributed by atoms with E-state index < -0.39 is 0 Å². The summed E-state index contributed by atoms with van der Waals surface area (Å²) in [6.45, 7) is 8.70. The Balaban J connectivity index is 1.43. The number of aryl methyl sites for hydroxylation is 2. The predicted octanol–water partition coefficient (Wildman–Crippen LogP) is 3.40. The number of hydrogen-bond donors (Lipinski definition) is 2. The van der Waals surface area contributed by atoms with Crippen molar-refractivity contribution in [2.75, 3.05) is 5.32 Å². The van der Waals surface area contributed by atoms with Gasteiger partial charge in [-0.25, -0.2) is 15.0 Å². The molecule has 2 N–H and O–H groups in total. The van der Waals surface area contributed by atoms with Crippen molar-refractivity contribution in [2.24, 2.45) is 7.05 Å². The highest BCUT2D eigenvalue weighted by molar-refractivity contribution is 7.13. The van der Waals surface area contributed by atoms with Crippen LogP contribution in [-0.2, 0) is 19.0 Å². The van der Waals surface area contributed by atoms with Gasteiger partial charge in [0.05, 0.1) is 23.9 Å². The molecule has 0 aliphatic rings. The lowest BCUT2D eigenvalue weighted by atomic mass is 9.98. The second kappa shape index (κ2) is 9.02. The third kappa shape index (κ3) is 5.37. The molecule has 0 aliphatic heterocycles. The van der Waals surface area contributed by atoms with Crippen LogP contribution in [0.3, 0.4) is 0 Å². The Morgan fingerprint density at radius 2 is 1.97 bits per heavy atom. The lowest BCUT2D eigenvalue weighted by molar-refractivity contribution is 0.0954. The number of benzene rings is 1. The van der Waals surface area contributed by atoms with Gasteiger partial charge in [0.15, 0.2) is 0 Å². The van der Waals surface area contributed by atoms with E-state index in [2.05, 4.69) is 61.8 Å². The van der Waals surface area contributed by atoms with E-state index >= 15 is 0 Å². The first-order valence-electron chi connectivity index (χ1n) is 10.4. The number of carbonyl (C=O) groups excluding carboxylic acids is 1. The molecule has 0 unspecified atom stereocenters. The molecule has 3 heterocycles. The lowest BCUT2D eigenvalue weighted by Gasteiger charge is -2.13. The highest BCUT2D eigenvalue weighted by atomic mass is 32.1. The van der Waals surface area contributed by atoms with Crippen LogP contribution in [0.5, 0.6) is 0 Å². The number of amides is 1. The van der Waals surface area contributed by atoms with E-state index in [1.807, 2.05) is 31.2 Å². The van der Waals surface area contributed by atoms with E-state index in [0.29, 0.717) is 23.2 Å². The topological polar surface area (TPSA) is 123 Å². The fourth-order valence-electron chi connectivity index (χ4n) is 3.07. The van der Waals surface area contributed by atoms with Gasteiger partial charge in [-0.2, -0.15) is 4.80 Å². The summed E-state index contributed by atoms with van der Waals surface area (Å²) in [6.07, 6.45) is 3.13. The Bertz CT molecular complexity index is 1290. The van der Waals surface area contributed by atoms with Gasteiger partial charge in [0.25, 0.3) is 11.9 Å². The quantitative estimate of drug-likeness (QED) is 0.446. The molecule has 0 spiro atoms. The Kier molecular flexibility index (Phi) is 6.14. The van der Waals surface area contributed by atoms with Crippen molar-refractivity contribution in [3.63, 3.8) is 0 Å². The molecule has 3 aromatic heterocycles. The predicted molar refractivity (Wildman–Crippen MR) is 126 cm³/mol. The Morgan fingerprint density at radius 3 is 2.64 bits per heavy atom. The number of nitrogens with zero attached hydrogens (tertiary/aromatic N) is 7. The first kappa shape index (κ1) is 22.5. The maximum Gasteiger partial charge on any atom is 0.268 e. The van der Waals surface area contributed by atoms with Gasteiger partial charge < -0.3 is 10.6 Å². The molecule has 0 bridgehead atoms. The van der Waals surface area contributed by atoms with Crippen LogP contribution in [0.2, 0.25) is 0 Å². The SMILES string of the molecule is Cc1cc(-c2cc(Nc3nnn(C)n3)ncn2)ccc1CNC(=O)c1cnc(C(C)(C)C)s1. The summed E-state index contributed by atoms with van der Waals surface area (Å²) in [5, 5.41) is 18.7. The first-order valence-corrected chi connectivity index (χ1v) is 11.2. The molecule has 0 saturated carbocycles. The van der Waals surface area contributed by atoms with Gasteiger partial charge in [-0.3, -0.25) is 4.79 Å². The summed E-state index contributed by atoms with van der Waals surface area (Å²) in [6, 6.07) is 7.84. The third-order valence-electron chi connectivity index (χ3n) is 4.86. The van der Waals surface area contributed by atoms with Crippen molar-refractivity contribution in [2.45, 2.75) is 39.7 Å². The highest BCUT2D eigenvalue weighted by Crippen LogP contribution is 2.27. The van der Waals surface area contributed by atoms with Gasteiger partial charge >= 0.3 is 0 Å². The van der Waals surface area contributed by atoms with Gasteiger partial charge in [0, 0.05) is 23.6 Å². The smallest absolute Gasteiger partial charge is 0.268 e. The number of nitrogens with one attached hydrogen (secondary N) is 2. The standard InChI is InChI=1S/C22H25N9OS/c1-13-8-14(16-9-18(26-12-25-16)27-21-28-30-31(5)29-21)6-7-15(13)10-23-19(32)17-11-24-20(33-17)22(2,3)4/h6-9,11-12H,10H2,1-5H3,(H,23,32)(H,25,26,27,29). The Labute approximate surface area is 195 Å². The molecule has 0 fully saturated rings. The summed E-state index contributed by atoms with van der Waals surface area (Å²) < 4.78 is 0. The van der Waals surface area contributed by atoms with E-state index in [-0.39, 0.29) is 11.3 Å². The van der Waals surface area contributed by atoms with Crippen molar-refractivity contribution in [3.8, 4) is 11.3 Å². The van der Waals surface area contributed by atoms with Crippen LogP contribution in [0, 0.1) is 6.92 Å². The van der Waals surface area contributed by atoms with E-state index in [0.717, 1.165) is 27.4 Å². The lowest BCUT2D eigenvalue weighted by Crippen LogP contribution is -2.22. The number of aromatic nitrogens is 7. The number of thiazole rings is 1. The molecule has 0 radical (unpaired) electrons. The zero-order valence-corrected chi connectivity index (χ0v) is 19.9. The summed E-state index contributed by atoms with van der Waals surface area (Å²) in [7, 11) is 1.69. The van der Waals surface area contributed by atoms with Crippen molar-refractivity contribution in [1.29, 1.82) is 0 Å². The van der Waals surface area contributed by atoms with Gasteiger partial charge in [-0.1, -0.05) is 38.0 Å². The number of anilines is 2. The van der Waals surface area contributed by atoms with Crippen molar-refractivity contribution >= 4 is 29.0 Å². The van der Waals surface area contributed by atoms with Gasteiger partial charge in [-0.15, -0.1) is 16.4 Å². The van der Waals surface area contributed by atoms with Crippen LogP contribution >= 0.6 is 11.3 Å². The largest absolute Gasteiger partial charge is 0.347 e. The Morgan fingerprint density at radius 1 is 1.15 bits per heavy atom. The van der Waals surface area contributed by atoms with Crippen molar-refractivity contribution in [1.82, 2.24) is 40.5 Å². The maximum absolute atomic E-state index is 12.6. The molecule has 170 valence electrons. The third-order valence-corrected chi connectivity index (χ3v) is 6.29. The second-order valence-electron chi connectivity index (χ2n) is 8.62. The molecule has 10 nitrogen and oxygen atoms in total. The molecule has 11 heteroatoms. The summed E-state index contributed by atoms with van der Waals surface area (Å²) >= 11 is 1.43. The van der Waals surface area contributed by atoms with E-state index in [4.69, 9.17) is 0 Å². The normalized spacial score (nSPS) is 11.4. The monoisotopic (exact) mass is 463 g/mol. The van der Waals surface area contributed by atoms with Gasteiger partial charge in [0.1, 0.15) is 17.0 Å². The summed E-state index contributed by atoms with van der Waals surface area (Å²) in [4.78, 5) is 27.5. The molecule has 1 aromatic carbocycles. The molecule has 33 heavy (non-hydrogen) atoms. The molecular weight excluding hydrogens is 438 g/mol. The average molecular weight is 464 g/mol. The zero-order valence-electron chi connectivity index (χ0n) is 19.1. The van der Waals surface area contributed by atoms with Crippen molar-refractivity contribution in [3.05, 3.63) is 57.8 Å². The van der Waals surface area contributed by atoms with Crippen LogP contribution in [0.15, 0.2) is 36.8 Å². The summed E-state index contributed by atoms with van der Waals surface area (Å²) in [5.74, 6) is 0.816. The number of hydrogen-bond acceptors (Lipinski definition) is 9. The fourth-order valence-corrected chi connectivity index (χ4v) is 3.96. The minimum atomic E-state index is -0.115. The summed E-state index contributed by atoms with van der Waals surface area (Å²) in [5.41, 5.74) is 3.71. The van der Waals surface area contributed by atoms with Crippen LogP contribution in [0.25, 0.3) is 11.3 Å². The van der Waals surface area contributed by atoms with Crippen molar-refractivity contribution < 1.29 is 4.79 Å². The first-order chi connectivity index (χ1) is 15.7. The number of rotatable bonds is 6. The molecule has 0 aliphatic carbocycles. The minimum absolute atomic E-state index is 0.0724. The number of carbonyl (C=O) groups is 1. The van der Waals surface area contributed by atoms with Gasteiger partial charge in [0.2, 0.25) is 0 Å². The Hall–Kier alpha value is -3.73. The molecule has 1 amide bonds. The van der Waals surface area contributed by atoms with E-state index in [1.165, 1.54) is 22.5 Å².